The van der Waals surface area contributed by atoms with Gasteiger partial charge in [-0.1, -0.05) is 45.7 Å². The third-order valence-corrected chi connectivity index (χ3v) is 4.83. The average Bonchev–Trinajstić information content (AvgIpc) is 3.00. The van der Waals surface area contributed by atoms with Crippen molar-refractivity contribution < 1.29 is 19.4 Å². The largest absolute Gasteiger partial charge is 0.461 e. The van der Waals surface area contributed by atoms with Gasteiger partial charge in [0.05, 0.1) is 13.0 Å². The van der Waals surface area contributed by atoms with Crippen LogP contribution in [0.3, 0.4) is 0 Å². The zero-order valence-electron chi connectivity index (χ0n) is 14.4. The Morgan fingerprint density at radius 1 is 1.30 bits per heavy atom. The summed E-state index contributed by atoms with van der Waals surface area (Å²) in [4.78, 5) is 25.2. The van der Waals surface area contributed by atoms with E-state index in [9.17, 15) is 14.7 Å². The maximum Gasteiger partial charge on any atom is 0.354 e. The highest BCUT2D eigenvalue weighted by Crippen LogP contribution is 2.37. The van der Waals surface area contributed by atoms with Gasteiger partial charge in [0.2, 0.25) is 0 Å². The van der Waals surface area contributed by atoms with Crippen molar-refractivity contribution >= 4 is 45.1 Å². The third kappa shape index (κ3) is 3.90. The lowest BCUT2D eigenvalue weighted by molar-refractivity contribution is -0.135. The predicted octanol–water partition coefficient (Wildman–Crippen LogP) is 3.71. The van der Waals surface area contributed by atoms with Crippen molar-refractivity contribution in [3.8, 4) is 0 Å². The van der Waals surface area contributed by atoms with Crippen molar-refractivity contribution in [1.82, 2.24) is 5.01 Å². The normalized spacial score (nSPS) is 19.0. The minimum atomic E-state index is -1.82. The maximum atomic E-state index is 13.0. The van der Waals surface area contributed by atoms with E-state index in [1.54, 1.807) is 49.4 Å². The number of ether oxygens (including phenoxy) is 1. The number of benzene rings is 2. The van der Waals surface area contributed by atoms with E-state index in [2.05, 4.69) is 21.0 Å². The summed E-state index contributed by atoms with van der Waals surface area (Å²) in [6.07, 6.45) is -0.181. The van der Waals surface area contributed by atoms with Crippen LogP contribution >= 0.6 is 27.5 Å². The summed E-state index contributed by atoms with van der Waals surface area (Å²) in [5.41, 5.74) is -1.18. The van der Waals surface area contributed by atoms with Crippen LogP contribution in [-0.2, 0) is 15.3 Å². The number of hydrazone groups is 1. The molecule has 0 radical (unpaired) electrons. The smallest absolute Gasteiger partial charge is 0.354 e. The average molecular weight is 452 g/mol. The van der Waals surface area contributed by atoms with Gasteiger partial charge in [-0.15, -0.1) is 0 Å². The highest BCUT2D eigenvalue weighted by molar-refractivity contribution is 9.10. The molecule has 3 rings (SSSR count). The summed E-state index contributed by atoms with van der Waals surface area (Å²) in [5.74, 6) is -1.25. The van der Waals surface area contributed by atoms with E-state index in [1.165, 1.54) is 6.07 Å². The molecule has 1 amide bonds. The first kappa shape index (κ1) is 19.5. The number of amides is 1. The monoisotopic (exact) mass is 450 g/mol. The number of nitrogens with zero attached hydrogens (tertiary/aromatic N) is 2. The van der Waals surface area contributed by atoms with Gasteiger partial charge < -0.3 is 9.84 Å². The van der Waals surface area contributed by atoms with Gasteiger partial charge >= 0.3 is 5.97 Å². The van der Waals surface area contributed by atoms with E-state index < -0.39 is 17.6 Å². The Hall–Kier alpha value is -2.22. The second kappa shape index (κ2) is 7.80. The summed E-state index contributed by atoms with van der Waals surface area (Å²) < 4.78 is 5.79. The van der Waals surface area contributed by atoms with Gasteiger partial charge in [-0.25, -0.2) is 4.79 Å². The van der Waals surface area contributed by atoms with Gasteiger partial charge in [0.15, 0.2) is 11.4 Å². The van der Waals surface area contributed by atoms with E-state index in [0.717, 1.165) is 9.48 Å². The minimum Gasteiger partial charge on any atom is -0.461 e. The lowest BCUT2D eigenvalue weighted by Gasteiger charge is -2.31. The summed E-state index contributed by atoms with van der Waals surface area (Å²) >= 11 is 9.31. The van der Waals surface area contributed by atoms with E-state index in [4.69, 9.17) is 16.3 Å². The fourth-order valence-corrected chi connectivity index (χ4v) is 3.23. The molecule has 1 atom stereocenters. The molecule has 8 heteroatoms. The fraction of sp³-hybridized carbons (Fsp3) is 0.211. The highest BCUT2D eigenvalue weighted by atomic mass is 79.9. The van der Waals surface area contributed by atoms with Crippen LogP contribution in [0.5, 0.6) is 0 Å². The Balaban J connectivity index is 2.04. The zero-order chi connectivity index (χ0) is 19.6. The van der Waals surface area contributed by atoms with Gasteiger partial charge in [-0.05, 0) is 37.3 Å². The minimum absolute atomic E-state index is 0.0300. The third-order valence-electron chi connectivity index (χ3n) is 4.07. The molecular weight excluding hydrogens is 436 g/mol. The molecular formula is C19H16BrClN2O4. The lowest BCUT2D eigenvalue weighted by Crippen LogP contribution is -2.43. The Morgan fingerprint density at radius 3 is 2.63 bits per heavy atom. The van der Waals surface area contributed by atoms with Crippen molar-refractivity contribution in [2.45, 2.75) is 19.1 Å². The zero-order valence-corrected chi connectivity index (χ0v) is 16.7. The molecule has 2 aromatic rings. The number of carbonyl (C=O) groups excluding carboxylic acids is 2. The molecule has 2 aromatic carbocycles. The van der Waals surface area contributed by atoms with Gasteiger partial charge in [-0.2, -0.15) is 10.1 Å². The first-order chi connectivity index (χ1) is 12.8. The number of halogens is 2. The van der Waals surface area contributed by atoms with E-state index in [0.29, 0.717) is 10.6 Å². The van der Waals surface area contributed by atoms with Gasteiger partial charge in [0.1, 0.15) is 0 Å². The van der Waals surface area contributed by atoms with E-state index in [1.807, 2.05) is 0 Å². The molecule has 27 heavy (non-hydrogen) atoms. The van der Waals surface area contributed by atoms with Crippen LogP contribution in [0.25, 0.3) is 0 Å². The second-order valence-electron chi connectivity index (χ2n) is 5.89. The quantitative estimate of drug-likeness (QED) is 0.719. The second-order valence-corrected chi connectivity index (χ2v) is 7.25. The Kier molecular flexibility index (Phi) is 5.64. The number of hydrogen-bond acceptors (Lipinski definition) is 5. The van der Waals surface area contributed by atoms with E-state index in [-0.39, 0.29) is 24.3 Å². The Morgan fingerprint density at radius 2 is 2.00 bits per heavy atom. The topological polar surface area (TPSA) is 79.2 Å². The molecule has 1 aliphatic rings. The Bertz CT molecular complexity index is 916. The van der Waals surface area contributed by atoms with Gasteiger partial charge in [-0.3, -0.25) is 4.79 Å². The van der Waals surface area contributed by atoms with Crippen molar-refractivity contribution in [3.05, 3.63) is 69.2 Å². The first-order valence-electron chi connectivity index (χ1n) is 8.18. The molecule has 0 bridgehead atoms. The molecule has 0 saturated carbocycles. The highest BCUT2D eigenvalue weighted by Gasteiger charge is 2.48. The number of esters is 1. The van der Waals surface area contributed by atoms with Crippen LogP contribution in [0.15, 0.2) is 58.1 Å². The van der Waals surface area contributed by atoms with Crippen molar-refractivity contribution in [2.24, 2.45) is 5.10 Å². The molecule has 0 fully saturated rings. The molecule has 1 aliphatic heterocycles. The molecule has 140 valence electrons. The molecule has 0 saturated heterocycles. The SMILES string of the molecule is CCOC(=O)C1=NN(C(=O)c2cccc(Cl)c2)C(O)(c2ccc(Br)cc2)C1. The van der Waals surface area contributed by atoms with Crippen molar-refractivity contribution in [3.63, 3.8) is 0 Å². The van der Waals surface area contributed by atoms with Crippen LogP contribution in [0.4, 0.5) is 0 Å². The predicted molar refractivity (Wildman–Crippen MR) is 104 cm³/mol. The maximum absolute atomic E-state index is 13.0. The van der Waals surface area contributed by atoms with Crippen LogP contribution in [-0.4, -0.2) is 34.3 Å². The van der Waals surface area contributed by atoms with Crippen LogP contribution in [0, 0.1) is 0 Å². The molecule has 1 heterocycles. The summed E-state index contributed by atoms with van der Waals surface area (Å²) in [6, 6.07) is 13.1. The summed E-state index contributed by atoms with van der Waals surface area (Å²) in [5, 5.41) is 16.7. The van der Waals surface area contributed by atoms with Gasteiger partial charge in [0.25, 0.3) is 5.91 Å². The number of aliphatic hydroxyl groups is 1. The molecule has 1 unspecified atom stereocenters. The van der Waals surface area contributed by atoms with Crippen molar-refractivity contribution in [1.29, 1.82) is 0 Å². The van der Waals surface area contributed by atoms with Crippen molar-refractivity contribution in [2.75, 3.05) is 6.61 Å². The molecule has 0 aliphatic carbocycles. The fourth-order valence-electron chi connectivity index (χ4n) is 2.77. The molecule has 0 spiro atoms. The summed E-state index contributed by atoms with van der Waals surface area (Å²) in [6.45, 7) is 1.83. The van der Waals surface area contributed by atoms with Gasteiger partial charge in [0, 0.05) is 20.6 Å². The summed E-state index contributed by atoms with van der Waals surface area (Å²) in [7, 11) is 0. The first-order valence-corrected chi connectivity index (χ1v) is 9.35. The Labute approximate surface area is 169 Å². The molecule has 0 aromatic heterocycles. The standard InChI is InChI=1S/C19H16BrClN2O4/c1-2-27-18(25)16-11-19(26,13-6-8-14(20)9-7-13)23(22-16)17(24)12-4-3-5-15(21)10-12/h3-10,26H,2,11H2,1H3. The van der Waals surface area contributed by atoms with Crippen LogP contribution in [0.1, 0.15) is 29.3 Å². The number of hydrogen-bond donors (Lipinski definition) is 1. The van der Waals surface area contributed by atoms with Crippen LogP contribution < -0.4 is 0 Å². The number of rotatable bonds is 4. The molecule has 6 nitrogen and oxygen atoms in total. The lowest BCUT2D eigenvalue weighted by atomic mass is 9.97. The molecule has 1 N–H and O–H groups in total. The van der Waals surface area contributed by atoms with Crippen LogP contribution in [0.2, 0.25) is 5.02 Å². The number of carbonyl (C=O) groups is 2. The van der Waals surface area contributed by atoms with E-state index >= 15 is 0 Å².